The van der Waals surface area contributed by atoms with Gasteiger partial charge in [-0.3, -0.25) is 4.40 Å². The number of pyridine rings is 1. The van der Waals surface area contributed by atoms with Gasteiger partial charge in [-0.25, -0.2) is 9.78 Å². The Morgan fingerprint density at radius 2 is 2.04 bits per heavy atom. The molecule has 0 bridgehead atoms. The summed E-state index contributed by atoms with van der Waals surface area (Å²) in [6, 6.07) is 13.3. The molecule has 1 aromatic carbocycles. The lowest BCUT2D eigenvalue weighted by Crippen LogP contribution is -1.95. The topological polar surface area (TPSA) is 63.8 Å². The lowest BCUT2D eigenvalue weighted by atomic mass is 10.1. The van der Waals surface area contributed by atoms with Crippen LogP contribution in [0.25, 0.3) is 23.0 Å². The first-order valence-electron chi connectivity index (χ1n) is 7.31. The minimum absolute atomic E-state index is 0.546. The highest BCUT2D eigenvalue weighted by molar-refractivity contribution is 5.88. The van der Waals surface area contributed by atoms with Gasteiger partial charge < -0.3 is 9.84 Å². The van der Waals surface area contributed by atoms with Crippen LogP contribution >= 0.6 is 0 Å². The number of hydrogen-bond acceptors (Lipinski definition) is 3. The Morgan fingerprint density at radius 1 is 1.26 bits per heavy atom. The number of imidazole rings is 1. The molecule has 0 aliphatic rings. The number of carbonyl (C=O) groups is 1. The molecule has 0 aliphatic heterocycles. The van der Waals surface area contributed by atoms with Gasteiger partial charge in [0, 0.05) is 17.8 Å². The highest BCUT2D eigenvalue weighted by atomic mass is 16.5. The van der Waals surface area contributed by atoms with Crippen molar-refractivity contribution in [3.63, 3.8) is 0 Å². The van der Waals surface area contributed by atoms with E-state index in [1.54, 1.807) is 6.08 Å². The third-order valence-corrected chi connectivity index (χ3v) is 3.39. The fourth-order valence-electron chi connectivity index (χ4n) is 2.47. The molecule has 2 aromatic heterocycles. The van der Waals surface area contributed by atoms with Gasteiger partial charge in [0.25, 0.3) is 0 Å². The van der Waals surface area contributed by atoms with Crippen LogP contribution in [0.2, 0.25) is 0 Å². The average molecular weight is 308 g/mol. The van der Waals surface area contributed by atoms with Crippen LogP contribution in [-0.4, -0.2) is 27.1 Å². The number of aliphatic carboxylic acids is 1. The van der Waals surface area contributed by atoms with E-state index in [2.05, 4.69) is 4.98 Å². The maximum Gasteiger partial charge on any atom is 0.328 e. The quantitative estimate of drug-likeness (QED) is 0.733. The van der Waals surface area contributed by atoms with E-state index in [1.165, 1.54) is 0 Å². The summed E-state index contributed by atoms with van der Waals surface area (Å²) in [6.45, 7) is 2.47. The van der Waals surface area contributed by atoms with Gasteiger partial charge in [0.2, 0.25) is 0 Å². The normalized spacial score (nSPS) is 11.2. The van der Waals surface area contributed by atoms with E-state index in [4.69, 9.17) is 9.84 Å². The molecule has 1 N–H and O–H groups in total. The van der Waals surface area contributed by atoms with Crippen molar-refractivity contribution in [3.8, 4) is 17.0 Å². The first-order valence-corrected chi connectivity index (χ1v) is 7.31. The molecule has 3 aromatic rings. The number of carboxylic acids is 1. The maximum absolute atomic E-state index is 10.9. The van der Waals surface area contributed by atoms with Crippen LogP contribution in [0.3, 0.4) is 0 Å². The van der Waals surface area contributed by atoms with Gasteiger partial charge in [-0.15, -0.1) is 0 Å². The molecule has 0 amide bonds. The Bertz CT molecular complexity index is 881. The number of ether oxygens (including phenoxy) is 1. The largest absolute Gasteiger partial charge is 0.493 e. The summed E-state index contributed by atoms with van der Waals surface area (Å²) in [6.07, 6.45) is 4.53. The predicted octanol–water partition coefficient (Wildman–Crippen LogP) is 3.50. The van der Waals surface area contributed by atoms with Crippen molar-refractivity contribution in [2.75, 3.05) is 6.61 Å². The zero-order chi connectivity index (χ0) is 16.2. The molecule has 5 nitrogen and oxygen atoms in total. The predicted molar refractivity (Wildman–Crippen MR) is 88.5 cm³/mol. The Hall–Kier alpha value is -3.08. The van der Waals surface area contributed by atoms with E-state index in [1.807, 2.05) is 60.0 Å². The molecular formula is C18H16N2O3. The molecule has 3 rings (SSSR count). The van der Waals surface area contributed by atoms with Gasteiger partial charge in [0.05, 0.1) is 12.3 Å². The number of nitrogens with zero attached hydrogens (tertiary/aromatic N) is 2. The fourth-order valence-corrected chi connectivity index (χ4v) is 2.47. The highest BCUT2D eigenvalue weighted by Crippen LogP contribution is 2.33. The van der Waals surface area contributed by atoms with Crippen LogP contribution in [0.1, 0.15) is 12.6 Å². The summed E-state index contributed by atoms with van der Waals surface area (Å²) in [5.74, 6) is -0.275. The van der Waals surface area contributed by atoms with Gasteiger partial charge >= 0.3 is 5.97 Å². The second kappa shape index (κ2) is 6.36. The van der Waals surface area contributed by atoms with E-state index in [9.17, 15) is 4.79 Å². The summed E-state index contributed by atoms with van der Waals surface area (Å²) in [7, 11) is 0. The molecule has 0 saturated heterocycles. The van der Waals surface area contributed by atoms with E-state index in [-0.39, 0.29) is 0 Å². The first-order chi connectivity index (χ1) is 11.2. The molecule has 0 radical (unpaired) electrons. The third kappa shape index (κ3) is 2.94. The van der Waals surface area contributed by atoms with Crippen molar-refractivity contribution in [1.29, 1.82) is 0 Å². The summed E-state index contributed by atoms with van der Waals surface area (Å²) < 4.78 is 7.54. The van der Waals surface area contributed by atoms with Gasteiger partial charge in [-0.05, 0) is 37.3 Å². The zero-order valence-electron chi connectivity index (χ0n) is 12.6. The smallest absolute Gasteiger partial charge is 0.328 e. The lowest BCUT2D eigenvalue weighted by molar-refractivity contribution is -0.131. The van der Waals surface area contributed by atoms with Crippen LogP contribution in [0.15, 0.2) is 54.7 Å². The molecule has 0 unspecified atom stereocenters. The molecular weight excluding hydrogens is 292 g/mol. The molecule has 23 heavy (non-hydrogen) atoms. The SMILES string of the molecule is CCOc1ccccc1-c1nc2ccccn2c1/C=C/C(=O)O. The minimum atomic E-state index is -1.00. The summed E-state index contributed by atoms with van der Waals surface area (Å²) in [5, 5.41) is 8.94. The average Bonchev–Trinajstić information content (AvgIpc) is 2.92. The van der Waals surface area contributed by atoms with E-state index in [0.29, 0.717) is 18.0 Å². The maximum atomic E-state index is 10.9. The van der Waals surface area contributed by atoms with E-state index in [0.717, 1.165) is 23.0 Å². The summed E-state index contributed by atoms with van der Waals surface area (Å²) in [5.41, 5.74) is 2.98. The fraction of sp³-hybridized carbons (Fsp3) is 0.111. The summed E-state index contributed by atoms with van der Waals surface area (Å²) in [4.78, 5) is 15.5. The molecule has 0 spiro atoms. The molecule has 5 heteroatoms. The van der Waals surface area contributed by atoms with Gasteiger partial charge in [-0.2, -0.15) is 0 Å². The minimum Gasteiger partial charge on any atom is -0.493 e. The number of para-hydroxylation sites is 1. The lowest BCUT2D eigenvalue weighted by Gasteiger charge is -2.08. The number of aromatic nitrogens is 2. The van der Waals surface area contributed by atoms with Crippen molar-refractivity contribution in [2.45, 2.75) is 6.92 Å². The Kier molecular flexibility index (Phi) is 4.10. The third-order valence-electron chi connectivity index (χ3n) is 3.39. The molecule has 0 saturated carbocycles. The monoisotopic (exact) mass is 308 g/mol. The van der Waals surface area contributed by atoms with Crippen LogP contribution in [0, 0.1) is 0 Å². The number of rotatable bonds is 5. The second-order valence-corrected chi connectivity index (χ2v) is 4.88. The van der Waals surface area contributed by atoms with E-state index >= 15 is 0 Å². The van der Waals surface area contributed by atoms with E-state index < -0.39 is 5.97 Å². The van der Waals surface area contributed by atoms with Crippen molar-refractivity contribution < 1.29 is 14.6 Å². The van der Waals surface area contributed by atoms with Gasteiger partial charge in [0.15, 0.2) is 0 Å². The summed E-state index contributed by atoms with van der Waals surface area (Å²) >= 11 is 0. The molecule has 0 aliphatic carbocycles. The Morgan fingerprint density at radius 3 is 2.83 bits per heavy atom. The van der Waals surface area contributed by atoms with Crippen molar-refractivity contribution >= 4 is 17.7 Å². The van der Waals surface area contributed by atoms with Gasteiger partial charge in [0.1, 0.15) is 17.1 Å². The number of hydrogen-bond donors (Lipinski definition) is 1. The highest BCUT2D eigenvalue weighted by Gasteiger charge is 2.15. The second-order valence-electron chi connectivity index (χ2n) is 4.88. The molecule has 0 atom stereocenters. The van der Waals surface area contributed by atoms with Crippen molar-refractivity contribution in [3.05, 3.63) is 60.4 Å². The first kappa shape index (κ1) is 14.8. The van der Waals surface area contributed by atoms with Crippen LogP contribution in [0.4, 0.5) is 0 Å². The molecule has 2 heterocycles. The number of benzene rings is 1. The van der Waals surface area contributed by atoms with Crippen LogP contribution < -0.4 is 4.74 Å². The van der Waals surface area contributed by atoms with Crippen molar-refractivity contribution in [1.82, 2.24) is 9.38 Å². The standard InChI is InChI=1S/C18H16N2O3/c1-2-23-15-8-4-3-7-13(15)18-14(10-11-17(21)22)20-12-6-5-9-16(20)19-18/h3-12H,2H2,1H3,(H,21,22)/b11-10+. The Balaban J connectivity index is 2.25. The van der Waals surface area contributed by atoms with Crippen LogP contribution in [0.5, 0.6) is 5.75 Å². The number of carboxylic acid groups (broad SMARTS) is 1. The van der Waals surface area contributed by atoms with Gasteiger partial charge in [-0.1, -0.05) is 18.2 Å². The van der Waals surface area contributed by atoms with Crippen LogP contribution in [-0.2, 0) is 4.79 Å². The Labute approximate surface area is 133 Å². The molecule has 0 fully saturated rings. The number of fused-ring (bicyclic) bond motifs is 1. The zero-order valence-corrected chi connectivity index (χ0v) is 12.6. The van der Waals surface area contributed by atoms with Crippen molar-refractivity contribution in [2.24, 2.45) is 0 Å². The molecule has 116 valence electrons.